The highest BCUT2D eigenvalue weighted by Crippen LogP contribution is 2.47. The van der Waals surface area contributed by atoms with Crippen LogP contribution in [-0.2, 0) is 0 Å². The van der Waals surface area contributed by atoms with Gasteiger partial charge in [-0.25, -0.2) is 0 Å². The number of para-hydroxylation sites is 1. The highest BCUT2D eigenvalue weighted by Gasteiger charge is 2.20. The normalized spacial score (nSPS) is 11.6. The van der Waals surface area contributed by atoms with E-state index < -0.39 is 0 Å². The van der Waals surface area contributed by atoms with Gasteiger partial charge >= 0.3 is 0 Å². The van der Waals surface area contributed by atoms with Crippen LogP contribution >= 0.6 is 0 Å². The highest BCUT2D eigenvalue weighted by molar-refractivity contribution is 6.24. The van der Waals surface area contributed by atoms with Crippen LogP contribution < -0.4 is 0 Å². The van der Waals surface area contributed by atoms with Gasteiger partial charge in [0.2, 0.25) is 0 Å². The molecular weight excluding hydrogens is 675 g/mol. The predicted octanol–water partition coefficient (Wildman–Crippen LogP) is 15.2. The molecule has 11 rings (SSSR count). The lowest BCUT2D eigenvalue weighted by Gasteiger charge is -2.20. The summed E-state index contributed by atoms with van der Waals surface area (Å²) < 4.78 is 0. The van der Waals surface area contributed by atoms with E-state index in [4.69, 9.17) is 4.98 Å². The maximum atomic E-state index is 4.88. The van der Waals surface area contributed by atoms with Crippen LogP contribution in [0.2, 0.25) is 0 Å². The van der Waals surface area contributed by atoms with Gasteiger partial charge in [0.05, 0.1) is 5.52 Å². The third-order valence-corrected chi connectivity index (χ3v) is 11.5. The summed E-state index contributed by atoms with van der Waals surface area (Å²) >= 11 is 0. The van der Waals surface area contributed by atoms with Gasteiger partial charge in [0.15, 0.2) is 0 Å². The Morgan fingerprint density at radius 1 is 0.250 bits per heavy atom. The third kappa shape index (κ3) is 5.13. The first-order valence-corrected chi connectivity index (χ1v) is 19.3. The summed E-state index contributed by atoms with van der Waals surface area (Å²) in [6.07, 6.45) is 1.90. The van der Waals surface area contributed by atoms with Crippen molar-refractivity contribution in [3.63, 3.8) is 0 Å². The molecule has 1 aromatic heterocycles. The maximum absolute atomic E-state index is 4.88. The van der Waals surface area contributed by atoms with Gasteiger partial charge in [0.25, 0.3) is 0 Å². The van der Waals surface area contributed by atoms with E-state index in [0.29, 0.717) is 0 Å². The van der Waals surface area contributed by atoms with Gasteiger partial charge in [-0.05, 0) is 105 Å². The van der Waals surface area contributed by atoms with Crippen molar-refractivity contribution in [3.05, 3.63) is 212 Å². The van der Waals surface area contributed by atoms with Gasteiger partial charge in [0, 0.05) is 17.1 Å². The Balaban J connectivity index is 1.14. The fourth-order valence-corrected chi connectivity index (χ4v) is 9.05. The lowest BCUT2D eigenvalue weighted by Crippen LogP contribution is -1.93. The van der Waals surface area contributed by atoms with Crippen molar-refractivity contribution in [3.8, 4) is 55.6 Å². The van der Waals surface area contributed by atoms with E-state index >= 15 is 0 Å². The minimum Gasteiger partial charge on any atom is -0.256 e. The maximum Gasteiger partial charge on any atom is 0.0780 e. The van der Waals surface area contributed by atoms with E-state index in [9.17, 15) is 0 Å². The number of pyridine rings is 1. The molecule has 0 unspecified atom stereocenters. The number of benzene rings is 10. The Kier molecular flexibility index (Phi) is 7.57. The standard InChI is InChI=1S/C55H35N/c1-3-15-36(16-4-1)41-32-33-48-50(35-41)53(37-17-5-2-6-18-37)43-22-8-7-21-42(43)52(48)39-30-28-38(29-31-39)51-44-23-9-11-25-46(44)54(47-26-12-10-24-45(47)51)49-27-13-19-40-20-14-34-56-55(40)49/h1-35H. The van der Waals surface area contributed by atoms with Crippen LogP contribution in [0.1, 0.15) is 0 Å². The zero-order chi connectivity index (χ0) is 37.0. The molecule has 0 fully saturated rings. The monoisotopic (exact) mass is 709 g/mol. The van der Waals surface area contributed by atoms with E-state index in [0.717, 1.165) is 16.5 Å². The molecule has 1 nitrogen and oxygen atoms in total. The Bertz CT molecular complexity index is 3210. The number of hydrogen-bond donors (Lipinski definition) is 0. The summed E-state index contributed by atoms with van der Waals surface area (Å²) in [5, 5.41) is 11.1. The zero-order valence-corrected chi connectivity index (χ0v) is 30.7. The molecule has 0 saturated heterocycles. The first kappa shape index (κ1) is 32.1. The van der Waals surface area contributed by atoms with Crippen LogP contribution in [0.5, 0.6) is 0 Å². The second kappa shape index (κ2) is 13.2. The van der Waals surface area contributed by atoms with Crippen LogP contribution in [0.25, 0.3) is 110 Å². The molecule has 0 atom stereocenters. The van der Waals surface area contributed by atoms with Gasteiger partial charge in [-0.1, -0.05) is 194 Å². The summed E-state index contributed by atoms with van der Waals surface area (Å²) in [5.41, 5.74) is 13.3. The van der Waals surface area contributed by atoms with Crippen molar-refractivity contribution in [1.82, 2.24) is 4.98 Å². The average molecular weight is 710 g/mol. The fraction of sp³-hybridized carbons (Fsp3) is 0. The van der Waals surface area contributed by atoms with Crippen molar-refractivity contribution in [2.75, 3.05) is 0 Å². The smallest absolute Gasteiger partial charge is 0.0780 e. The molecule has 0 bridgehead atoms. The lowest BCUT2D eigenvalue weighted by atomic mass is 9.83. The summed E-state index contributed by atoms with van der Waals surface area (Å²) in [5.74, 6) is 0. The molecule has 0 aliphatic rings. The second-order valence-corrected chi connectivity index (χ2v) is 14.6. The molecule has 56 heavy (non-hydrogen) atoms. The van der Waals surface area contributed by atoms with Crippen LogP contribution in [-0.4, -0.2) is 4.98 Å². The summed E-state index contributed by atoms with van der Waals surface area (Å²) in [6.45, 7) is 0. The molecule has 0 saturated carbocycles. The van der Waals surface area contributed by atoms with Gasteiger partial charge in [-0.3, -0.25) is 4.98 Å². The fourth-order valence-electron chi connectivity index (χ4n) is 9.05. The third-order valence-electron chi connectivity index (χ3n) is 11.5. The van der Waals surface area contributed by atoms with E-state index in [1.165, 1.54) is 93.2 Å². The number of hydrogen-bond acceptors (Lipinski definition) is 1. The van der Waals surface area contributed by atoms with Gasteiger partial charge in [-0.2, -0.15) is 0 Å². The topological polar surface area (TPSA) is 12.9 Å². The molecule has 0 aliphatic carbocycles. The Morgan fingerprint density at radius 3 is 1.21 bits per heavy atom. The van der Waals surface area contributed by atoms with Crippen molar-refractivity contribution >= 4 is 54.0 Å². The quantitative estimate of drug-likeness (QED) is 0.162. The molecule has 0 radical (unpaired) electrons. The average Bonchev–Trinajstić information content (AvgIpc) is 3.28. The molecule has 1 heterocycles. The minimum atomic E-state index is 1.02. The number of fused-ring (bicyclic) bond motifs is 5. The van der Waals surface area contributed by atoms with Gasteiger partial charge < -0.3 is 0 Å². The molecule has 260 valence electrons. The summed E-state index contributed by atoms with van der Waals surface area (Å²) in [4.78, 5) is 4.88. The minimum absolute atomic E-state index is 1.02. The number of aromatic nitrogens is 1. The van der Waals surface area contributed by atoms with E-state index in [1.54, 1.807) is 0 Å². The van der Waals surface area contributed by atoms with E-state index in [1.807, 2.05) is 12.3 Å². The summed E-state index contributed by atoms with van der Waals surface area (Å²) in [7, 11) is 0. The highest BCUT2D eigenvalue weighted by atomic mass is 14.6. The van der Waals surface area contributed by atoms with Crippen LogP contribution in [0, 0.1) is 0 Å². The number of nitrogens with zero attached hydrogens (tertiary/aromatic N) is 1. The summed E-state index contributed by atoms with van der Waals surface area (Å²) in [6, 6.07) is 75.2. The SMILES string of the molecule is c1ccc(-c2ccc3c(-c4ccc(-c5c6ccccc6c(-c6cccc7cccnc67)c6ccccc56)cc4)c4ccccc4c(-c4ccccc4)c3c2)cc1. The van der Waals surface area contributed by atoms with Crippen molar-refractivity contribution in [1.29, 1.82) is 0 Å². The molecule has 1 heteroatoms. The van der Waals surface area contributed by atoms with Crippen LogP contribution in [0.3, 0.4) is 0 Å². The van der Waals surface area contributed by atoms with E-state index in [2.05, 4.69) is 200 Å². The largest absolute Gasteiger partial charge is 0.256 e. The number of rotatable bonds is 5. The molecular formula is C55H35N. The molecule has 0 aliphatic heterocycles. The van der Waals surface area contributed by atoms with Crippen molar-refractivity contribution < 1.29 is 0 Å². The molecule has 11 aromatic rings. The van der Waals surface area contributed by atoms with Gasteiger partial charge in [0.1, 0.15) is 0 Å². The van der Waals surface area contributed by atoms with Gasteiger partial charge in [-0.15, -0.1) is 0 Å². The molecule has 0 spiro atoms. The predicted molar refractivity (Wildman–Crippen MR) is 239 cm³/mol. The van der Waals surface area contributed by atoms with Crippen LogP contribution in [0.15, 0.2) is 212 Å². The van der Waals surface area contributed by atoms with Crippen molar-refractivity contribution in [2.24, 2.45) is 0 Å². The lowest BCUT2D eigenvalue weighted by molar-refractivity contribution is 1.41. The first-order chi connectivity index (χ1) is 27.8. The van der Waals surface area contributed by atoms with Crippen molar-refractivity contribution in [2.45, 2.75) is 0 Å². The molecule has 0 N–H and O–H groups in total. The second-order valence-electron chi connectivity index (χ2n) is 14.6. The Labute approximate surface area is 325 Å². The Morgan fingerprint density at radius 2 is 0.661 bits per heavy atom. The Hall–Kier alpha value is -7.35. The molecule has 0 amide bonds. The van der Waals surface area contributed by atoms with Crippen LogP contribution in [0.4, 0.5) is 0 Å². The van der Waals surface area contributed by atoms with E-state index in [-0.39, 0.29) is 0 Å². The molecule has 10 aromatic carbocycles. The zero-order valence-electron chi connectivity index (χ0n) is 30.7. The first-order valence-electron chi connectivity index (χ1n) is 19.3.